The van der Waals surface area contributed by atoms with Gasteiger partial charge in [-0.3, -0.25) is 0 Å². The zero-order chi connectivity index (χ0) is 9.47. The number of fused-ring (bicyclic) bond motifs is 1. The largest absolute Gasteiger partial charge is 0.444 e. The van der Waals surface area contributed by atoms with Gasteiger partial charge in [-0.15, -0.1) is 0 Å². The first-order chi connectivity index (χ1) is 6.09. The maximum absolute atomic E-state index is 12.3. The summed E-state index contributed by atoms with van der Waals surface area (Å²) in [7, 11) is 0. The van der Waals surface area contributed by atoms with E-state index in [4.69, 9.17) is 0 Å². The van der Waals surface area contributed by atoms with Crippen molar-refractivity contribution in [3.8, 4) is 11.5 Å². The van der Waals surface area contributed by atoms with Gasteiger partial charge in [0.15, 0.2) is 11.5 Å². The highest BCUT2D eigenvalue weighted by molar-refractivity contribution is 5.50. The minimum Gasteiger partial charge on any atom is -0.444 e. The summed E-state index contributed by atoms with van der Waals surface area (Å²) in [5.74, 6) is -0.176. The predicted molar refractivity (Wildman–Crippen MR) is 37.0 cm³/mol. The normalized spacial score (nSPS) is 14.7. The Balaban J connectivity index is 2.54. The molecule has 0 aromatic heterocycles. The molecule has 2 rings (SSSR count). The van der Waals surface area contributed by atoms with E-state index >= 15 is 0 Å². The molecule has 0 amide bonds. The summed E-state index contributed by atoms with van der Waals surface area (Å²) in [6.45, 7) is 0.875. The van der Waals surface area contributed by atoms with Gasteiger partial charge >= 0.3 is 13.0 Å². The number of benzene rings is 1. The van der Waals surface area contributed by atoms with Gasteiger partial charge in [0.25, 0.3) is 0 Å². The first kappa shape index (κ1) is 8.22. The number of hydrogen-bond donors (Lipinski definition) is 0. The molecule has 0 saturated heterocycles. The molecule has 0 saturated carbocycles. The maximum Gasteiger partial charge on any atom is 0.420 e. The molecule has 0 N–H and O–H groups in total. The van der Waals surface area contributed by atoms with Crippen LogP contribution in [0.3, 0.4) is 0 Å². The number of ether oxygens (including phenoxy) is 2. The minimum absolute atomic E-state index is 0.0924. The summed E-state index contributed by atoms with van der Waals surface area (Å²) >= 11 is 0. The van der Waals surface area contributed by atoms with Crippen molar-refractivity contribution in [2.45, 2.75) is 6.18 Å². The smallest absolute Gasteiger partial charge is 0.420 e. The molecule has 13 heavy (non-hydrogen) atoms. The number of halogens is 3. The third kappa shape index (κ3) is 1.30. The van der Waals surface area contributed by atoms with E-state index in [0.717, 1.165) is 12.9 Å². The molecule has 0 bridgehead atoms. The Labute approximate surface area is 71.9 Å². The first-order valence-electron chi connectivity index (χ1n) is 3.44. The van der Waals surface area contributed by atoms with Gasteiger partial charge in [0.1, 0.15) is 5.56 Å². The van der Waals surface area contributed by atoms with Crippen LogP contribution in [-0.4, -0.2) is 0 Å². The molecule has 5 heteroatoms. The zero-order valence-corrected chi connectivity index (χ0v) is 6.26. The standard InChI is InChI=1S/C8H4F3O2/c9-8(10,11)5-2-1-3-6-7(5)13-4-12-6/h1-4H. The Morgan fingerprint density at radius 3 is 2.54 bits per heavy atom. The Hall–Kier alpha value is -1.39. The van der Waals surface area contributed by atoms with Crippen LogP contribution in [0.4, 0.5) is 13.2 Å². The second-order valence-corrected chi connectivity index (χ2v) is 2.46. The molecule has 1 aromatic rings. The van der Waals surface area contributed by atoms with Gasteiger partial charge in [-0.1, -0.05) is 6.07 Å². The summed E-state index contributed by atoms with van der Waals surface area (Å²) in [6.07, 6.45) is -4.41. The van der Waals surface area contributed by atoms with Crippen molar-refractivity contribution in [3.63, 3.8) is 0 Å². The lowest BCUT2D eigenvalue weighted by molar-refractivity contribution is -0.138. The Morgan fingerprint density at radius 2 is 1.85 bits per heavy atom. The summed E-state index contributed by atoms with van der Waals surface area (Å²) in [4.78, 5) is 0. The second-order valence-electron chi connectivity index (χ2n) is 2.46. The summed E-state index contributed by atoms with van der Waals surface area (Å²) in [5, 5.41) is 0. The lowest BCUT2D eigenvalue weighted by Crippen LogP contribution is -2.05. The predicted octanol–water partition coefficient (Wildman–Crippen LogP) is 2.60. The third-order valence-electron chi connectivity index (χ3n) is 1.63. The van der Waals surface area contributed by atoms with Gasteiger partial charge < -0.3 is 9.47 Å². The van der Waals surface area contributed by atoms with Gasteiger partial charge in [0.05, 0.1) is 0 Å². The van der Waals surface area contributed by atoms with Crippen LogP contribution < -0.4 is 9.47 Å². The average Bonchev–Trinajstić information content (AvgIpc) is 2.48. The maximum atomic E-state index is 12.3. The van der Waals surface area contributed by atoms with Crippen molar-refractivity contribution < 1.29 is 22.6 Å². The number of rotatable bonds is 0. The molecule has 0 aliphatic carbocycles. The molecule has 1 radical (unpaired) electrons. The van der Waals surface area contributed by atoms with Crippen LogP contribution in [0.5, 0.6) is 11.5 Å². The van der Waals surface area contributed by atoms with Crippen molar-refractivity contribution >= 4 is 0 Å². The van der Waals surface area contributed by atoms with Crippen molar-refractivity contribution in [2.75, 3.05) is 0 Å². The van der Waals surface area contributed by atoms with Crippen molar-refractivity contribution in [1.82, 2.24) is 0 Å². The topological polar surface area (TPSA) is 18.5 Å². The average molecular weight is 189 g/mol. The quantitative estimate of drug-likeness (QED) is 0.624. The fraction of sp³-hybridized carbons (Fsp3) is 0.125. The highest BCUT2D eigenvalue weighted by Crippen LogP contribution is 2.44. The van der Waals surface area contributed by atoms with Gasteiger partial charge in [-0.25, -0.2) is 0 Å². The Kier molecular flexibility index (Phi) is 1.61. The molecule has 0 atom stereocenters. The van der Waals surface area contributed by atoms with E-state index in [1.165, 1.54) is 12.1 Å². The lowest BCUT2D eigenvalue weighted by atomic mass is 10.2. The van der Waals surface area contributed by atoms with Crippen molar-refractivity contribution in [2.24, 2.45) is 0 Å². The number of alkyl halides is 3. The van der Waals surface area contributed by atoms with Crippen LogP contribution >= 0.6 is 0 Å². The molecule has 0 unspecified atom stereocenters. The molecule has 0 spiro atoms. The molecule has 1 heterocycles. The Morgan fingerprint density at radius 1 is 1.08 bits per heavy atom. The number of para-hydroxylation sites is 1. The minimum atomic E-state index is -4.41. The van der Waals surface area contributed by atoms with Crippen LogP contribution in [0.15, 0.2) is 18.2 Å². The van der Waals surface area contributed by atoms with Crippen molar-refractivity contribution in [1.29, 1.82) is 0 Å². The monoisotopic (exact) mass is 189 g/mol. The second kappa shape index (κ2) is 2.55. The van der Waals surface area contributed by atoms with E-state index in [-0.39, 0.29) is 11.5 Å². The van der Waals surface area contributed by atoms with Gasteiger partial charge in [0, 0.05) is 0 Å². The van der Waals surface area contributed by atoms with Crippen LogP contribution in [0.25, 0.3) is 0 Å². The Bertz CT molecular complexity index is 333. The summed E-state index contributed by atoms with van der Waals surface area (Å²) in [6, 6.07) is 3.62. The van der Waals surface area contributed by atoms with E-state index in [2.05, 4.69) is 9.47 Å². The highest BCUT2D eigenvalue weighted by Gasteiger charge is 2.37. The number of hydrogen-bond acceptors (Lipinski definition) is 2. The fourth-order valence-corrected chi connectivity index (χ4v) is 1.08. The van der Waals surface area contributed by atoms with Gasteiger partial charge in [-0.05, 0) is 12.1 Å². The fourth-order valence-electron chi connectivity index (χ4n) is 1.08. The van der Waals surface area contributed by atoms with Gasteiger partial charge in [0.2, 0.25) is 0 Å². The van der Waals surface area contributed by atoms with E-state index in [0.29, 0.717) is 0 Å². The zero-order valence-electron chi connectivity index (χ0n) is 6.26. The first-order valence-corrected chi connectivity index (χ1v) is 3.44. The van der Waals surface area contributed by atoms with Gasteiger partial charge in [-0.2, -0.15) is 13.2 Å². The summed E-state index contributed by atoms with van der Waals surface area (Å²) in [5.41, 5.74) is -0.821. The van der Waals surface area contributed by atoms with Crippen LogP contribution in [-0.2, 0) is 6.18 Å². The summed E-state index contributed by atoms with van der Waals surface area (Å²) < 4.78 is 46.2. The molecule has 1 aliphatic rings. The molecule has 0 fully saturated rings. The van der Waals surface area contributed by atoms with E-state index in [9.17, 15) is 13.2 Å². The molecular weight excluding hydrogens is 185 g/mol. The van der Waals surface area contributed by atoms with E-state index in [1.807, 2.05) is 0 Å². The highest BCUT2D eigenvalue weighted by atomic mass is 19.4. The van der Waals surface area contributed by atoms with E-state index in [1.54, 1.807) is 0 Å². The van der Waals surface area contributed by atoms with Crippen molar-refractivity contribution in [3.05, 3.63) is 30.6 Å². The lowest BCUT2D eigenvalue weighted by Gasteiger charge is -2.08. The molecule has 69 valence electrons. The van der Waals surface area contributed by atoms with Crippen LogP contribution in [0.1, 0.15) is 5.56 Å². The van der Waals surface area contributed by atoms with Crippen LogP contribution in [0.2, 0.25) is 0 Å². The van der Waals surface area contributed by atoms with Crippen LogP contribution in [0, 0.1) is 6.79 Å². The third-order valence-corrected chi connectivity index (χ3v) is 1.63. The molecule has 1 aliphatic heterocycles. The molecular formula is C8H4F3O2. The molecule has 2 nitrogen and oxygen atoms in total. The van der Waals surface area contributed by atoms with E-state index < -0.39 is 11.7 Å². The SMILES string of the molecule is FC(F)(F)c1cccc2c1O[CH]O2. The molecule has 1 aromatic carbocycles.